The van der Waals surface area contributed by atoms with Crippen LogP contribution in [0.4, 0.5) is 0 Å². The number of pyridine rings is 1. The highest BCUT2D eigenvalue weighted by Gasteiger charge is 2.24. The third-order valence-electron chi connectivity index (χ3n) is 4.31. The summed E-state index contributed by atoms with van der Waals surface area (Å²) in [5.74, 6) is 0.803. The number of carbonyl (C=O) groups excluding carboxylic acids is 1. The van der Waals surface area contributed by atoms with Crippen LogP contribution in [0.2, 0.25) is 0 Å². The van der Waals surface area contributed by atoms with Crippen molar-refractivity contribution >= 4 is 27.5 Å². The fraction of sp³-hybridized carbons (Fsp3) is 0.400. The maximum Gasteiger partial charge on any atom is 0.264 e. The number of hydrogen-bond acceptors (Lipinski definition) is 5. The van der Waals surface area contributed by atoms with Crippen molar-refractivity contribution in [1.82, 2.24) is 19.9 Å². The molecule has 0 N–H and O–H groups in total. The van der Waals surface area contributed by atoms with Gasteiger partial charge >= 0.3 is 0 Å². The first kappa shape index (κ1) is 18.5. The van der Waals surface area contributed by atoms with Gasteiger partial charge in [-0.05, 0) is 31.5 Å². The van der Waals surface area contributed by atoms with Crippen molar-refractivity contribution in [3.63, 3.8) is 0 Å². The molecule has 1 amide bonds. The summed E-state index contributed by atoms with van der Waals surface area (Å²) in [5.41, 5.74) is 2.63. The van der Waals surface area contributed by atoms with Crippen LogP contribution in [-0.2, 0) is 12.0 Å². The van der Waals surface area contributed by atoms with Crippen molar-refractivity contribution in [3.8, 4) is 0 Å². The lowest BCUT2D eigenvalue weighted by atomic mass is 9.95. The number of fused-ring (bicyclic) bond motifs is 1. The largest absolute Gasteiger partial charge is 0.335 e. The Labute approximate surface area is 158 Å². The molecule has 0 aliphatic carbocycles. The SMILES string of the molecule is Cc1nc(C(C)(C)C)nc2sc(C(=O)N(C)Cc3ccccn3)c(C)c12. The van der Waals surface area contributed by atoms with Crippen molar-refractivity contribution in [3.05, 3.63) is 52.0 Å². The molecule has 0 fully saturated rings. The van der Waals surface area contributed by atoms with E-state index in [1.54, 1.807) is 18.1 Å². The van der Waals surface area contributed by atoms with Crippen molar-refractivity contribution in [2.75, 3.05) is 7.05 Å². The second kappa shape index (κ2) is 6.76. The normalized spacial score (nSPS) is 11.8. The van der Waals surface area contributed by atoms with Gasteiger partial charge in [-0.1, -0.05) is 26.8 Å². The summed E-state index contributed by atoms with van der Waals surface area (Å²) in [6, 6.07) is 5.72. The lowest BCUT2D eigenvalue weighted by Gasteiger charge is -2.17. The van der Waals surface area contributed by atoms with E-state index in [4.69, 9.17) is 4.98 Å². The highest BCUT2D eigenvalue weighted by molar-refractivity contribution is 7.20. The molecular weight excluding hydrogens is 344 g/mol. The van der Waals surface area contributed by atoms with Crippen LogP contribution in [0.15, 0.2) is 24.4 Å². The first-order valence-electron chi connectivity index (χ1n) is 8.62. The minimum atomic E-state index is -0.128. The number of amides is 1. The molecule has 5 nitrogen and oxygen atoms in total. The number of hydrogen-bond donors (Lipinski definition) is 0. The Hall–Kier alpha value is -2.34. The Morgan fingerprint density at radius 1 is 1.19 bits per heavy atom. The van der Waals surface area contributed by atoms with Crippen LogP contribution in [0.3, 0.4) is 0 Å². The minimum absolute atomic E-state index is 0.00661. The average Bonchev–Trinajstić information content (AvgIpc) is 2.91. The molecule has 0 saturated heterocycles. The van der Waals surface area contributed by atoms with E-state index in [1.807, 2.05) is 32.0 Å². The average molecular weight is 369 g/mol. The first-order valence-corrected chi connectivity index (χ1v) is 9.43. The van der Waals surface area contributed by atoms with Crippen molar-refractivity contribution in [1.29, 1.82) is 0 Å². The third kappa shape index (κ3) is 3.46. The van der Waals surface area contributed by atoms with E-state index in [2.05, 4.69) is 30.7 Å². The van der Waals surface area contributed by atoms with Gasteiger partial charge in [-0.2, -0.15) is 0 Å². The van der Waals surface area contributed by atoms with E-state index < -0.39 is 0 Å². The summed E-state index contributed by atoms with van der Waals surface area (Å²) >= 11 is 1.45. The molecule has 3 heterocycles. The lowest BCUT2D eigenvalue weighted by molar-refractivity contribution is 0.0787. The lowest BCUT2D eigenvalue weighted by Crippen LogP contribution is -2.26. The molecule has 136 valence electrons. The predicted molar refractivity (Wildman–Crippen MR) is 106 cm³/mol. The molecule has 0 saturated carbocycles. The smallest absolute Gasteiger partial charge is 0.264 e. The number of nitrogens with zero attached hydrogens (tertiary/aromatic N) is 4. The number of rotatable bonds is 3. The highest BCUT2D eigenvalue weighted by atomic mass is 32.1. The number of carbonyl (C=O) groups is 1. The van der Waals surface area contributed by atoms with Gasteiger partial charge in [-0.25, -0.2) is 9.97 Å². The van der Waals surface area contributed by atoms with Gasteiger partial charge < -0.3 is 4.90 Å². The first-order chi connectivity index (χ1) is 12.2. The van der Waals surface area contributed by atoms with Crippen LogP contribution >= 0.6 is 11.3 Å². The fourth-order valence-corrected chi connectivity index (χ4v) is 4.08. The molecule has 0 unspecified atom stereocenters. The standard InChI is InChI=1S/C20H24N4OS/c1-12-15-13(2)22-19(20(3,4)5)23-17(15)26-16(12)18(25)24(6)11-14-9-7-8-10-21-14/h7-10H,11H2,1-6H3. The maximum absolute atomic E-state index is 13.0. The van der Waals surface area contributed by atoms with Gasteiger partial charge in [-0.15, -0.1) is 11.3 Å². The Morgan fingerprint density at radius 3 is 2.54 bits per heavy atom. The van der Waals surface area contributed by atoms with E-state index >= 15 is 0 Å². The van der Waals surface area contributed by atoms with Crippen LogP contribution < -0.4 is 0 Å². The van der Waals surface area contributed by atoms with Crippen LogP contribution in [0.5, 0.6) is 0 Å². The summed E-state index contributed by atoms with van der Waals surface area (Å²) in [6.07, 6.45) is 1.74. The summed E-state index contributed by atoms with van der Waals surface area (Å²) in [5, 5.41) is 0.998. The van der Waals surface area contributed by atoms with Crippen LogP contribution in [-0.4, -0.2) is 32.8 Å². The van der Waals surface area contributed by atoms with Gasteiger partial charge in [0.15, 0.2) is 0 Å². The molecule has 0 aromatic carbocycles. The summed E-state index contributed by atoms with van der Waals surface area (Å²) < 4.78 is 0. The second-order valence-electron chi connectivity index (χ2n) is 7.60. The highest BCUT2D eigenvalue weighted by Crippen LogP contribution is 2.33. The van der Waals surface area contributed by atoms with Gasteiger partial charge in [0.05, 0.1) is 22.8 Å². The Kier molecular flexibility index (Phi) is 4.80. The Bertz CT molecular complexity index is 957. The zero-order valence-corrected chi connectivity index (χ0v) is 16.9. The molecule has 6 heteroatoms. The molecule has 0 aliphatic heterocycles. The van der Waals surface area contributed by atoms with E-state index in [0.717, 1.165) is 37.9 Å². The maximum atomic E-state index is 13.0. The molecule has 3 rings (SSSR count). The predicted octanol–water partition coefficient (Wildman–Crippen LogP) is 4.27. The fourth-order valence-electron chi connectivity index (χ4n) is 2.86. The van der Waals surface area contributed by atoms with Gasteiger partial charge in [0, 0.05) is 24.0 Å². The van der Waals surface area contributed by atoms with Gasteiger partial charge in [-0.3, -0.25) is 9.78 Å². The summed E-state index contributed by atoms with van der Waals surface area (Å²) in [6.45, 7) is 10.7. The van der Waals surface area contributed by atoms with E-state index in [1.165, 1.54) is 11.3 Å². The molecular formula is C20H24N4OS. The monoisotopic (exact) mass is 368 g/mol. The van der Waals surface area contributed by atoms with Crippen molar-refractivity contribution in [2.45, 2.75) is 46.6 Å². The molecule has 0 atom stereocenters. The molecule has 0 bridgehead atoms. The Morgan fingerprint density at radius 2 is 1.92 bits per heavy atom. The van der Waals surface area contributed by atoms with Gasteiger partial charge in [0.25, 0.3) is 5.91 Å². The zero-order valence-electron chi connectivity index (χ0n) is 16.1. The van der Waals surface area contributed by atoms with Crippen molar-refractivity contribution < 1.29 is 4.79 Å². The van der Waals surface area contributed by atoms with Gasteiger partial charge in [0.2, 0.25) is 0 Å². The van der Waals surface area contributed by atoms with E-state index in [0.29, 0.717) is 6.54 Å². The van der Waals surface area contributed by atoms with Crippen LogP contribution in [0.25, 0.3) is 10.2 Å². The molecule has 0 aliphatic rings. The van der Waals surface area contributed by atoms with E-state index in [-0.39, 0.29) is 11.3 Å². The molecule has 3 aromatic rings. The second-order valence-corrected chi connectivity index (χ2v) is 8.60. The number of aryl methyl sites for hydroxylation is 2. The topological polar surface area (TPSA) is 59.0 Å². The zero-order chi connectivity index (χ0) is 19.1. The van der Waals surface area contributed by atoms with Crippen LogP contribution in [0, 0.1) is 13.8 Å². The van der Waals surface area contributed by atoms with E-state index in [9.17, 15) is 4.79 Å². The summed E-state index contributed by atoms with van der Waals surface area (Å²) in [4.78, 5) is 30.0. The molecule has 0 spiro atoms. The summed E-state index contributed by atoms with van der Waals surface area (Å²) in [7, 11) is 1.81. The molecule has 3 aromatic heterocycles. The Balaban J connectivity index is 1.98. The number of aromatic nitrogens is 3. The van der Waals surface area contributed by atoms with Crippen molar-refractivity contribution in [2.24, 2.45) is 0 Å². The third-order valence-corrected chi connectivity index (χ3v) is 5.48. The minimum Gasteiger partial charge on any atom is -0.335 e. The quantitative estimate of drug-likeness (QED) is 0.692. The number of thiophene rings is 1. The van der Waals surface area contributed by atoms with Gasteiger partial charge in [0.1, 0.15) is 10.7 Å². The van der Waals surface area contributed by atoms with Crippen LogP contribution in [0.1, 0.15) is 53.2 Å². The molecule has 0 radical (unpaired) electrons. The molecule has 26 heavy (non-hydrogen) atoms.